The van der Waals surface area contributed by atoms with Crippen molar-refractivity contribution in [1.82, 2.24) is 15.3 Å². The van der Waals surface area contributed by atoms with Crippen LogP contribution >= 0.6 is 11.6 Å². The van der Waals surface area contributed by atoms with Gasteiger partial charge in [-0.2, -0.15) is 13.2 Å². The zero-order valence-electron chi connectivity index (χ0n) is 20.7. The van der Waals surface area contributed by atoms with Crippen LogP contribution in [-0.4, -0.2) is 46.2 Å². The van der Waals surface area contributed by atoms with Crippen LogP contribution in [0.15, 0.2) is 54.6 Å². The molecule has 5 rings (SSSR count). The van der Waals surface area contributed by atoms with Gasteiger partial charge in [0.1, 0.15) is 35.0 Å². The summed E-state index contributed by atoms with van der Waals surface area (Å²) in [4.78, 5) is 32.0. The Labute approximate surface area is 229 Å². The van der Waals surface area contributed by atoms with Gasteiger partial charge in [0.15, 0.2) is 0 Å². The minimum absolute atomic E-state index is 0.0260. The third kappa shape index (κ3) is 4.52. The SMILES string of the molecule is C[C@]1(C(N)=O)COc2c1cc(C(O)(CNC(=O)c1cc3cc(Cl)ccc3[nH]1)C(F)(F)F)nc2-c1ccc(F)cc1. The first-order chi connectivity index (χ1) is 18.7. The largest absolute Gasteiger partial charge is 0.489 e. The highest BCUT2D eigenvalue weighted by molar-refractivity contribution is 6.31. The number of aromatic amines is 1. The fourth-order valence-electron chi connectivity index (χ4n) is 4.47. The van der Waals surface area contributed by atoms with E-state index in [9.17, 15) is 32.3 Å². The summed E-state index contributed by atoms with van der Waals surface area (Å²) in [5, 5.41) is 14.2. The molecular formula is C27H21ClF4N4O4. The van der Waals surface area contributed by atoms with Crippen molar-refractivity contribution in [3.8, 4) is 17.0 Å². The van der Waals surface area contributed by atoms with Crippen molar-refractivity contribution in [3.63, 3.8) is 0 Å². The average Bonchev–Trinajstić information content (AvgIpc) is 3.48. The number of aliphatic hydroxyl groups is 1. The lowest BCUT2D eigenvalue weighted by Gasteiger charge is -2.31. The number of ether oxygens (including phenoxy) is 1. The third-order valence-electron chi connectivity index (χ3n) is 6.96. The molecule has 0 fully saturated rings. The van der Waals surface area contributed by atoms with E-state index in [0.29, 0.717) is 15.9 Å². The van der Waals surface area contributed by atoms with Crippen LogP contribution in [0, 0.1) is 5.82 Å². The number of nitrogens with zero attached hydrogens (tertiary/aromatic N) is 1. The first kappa shape index (κ1) is 27.4. The molecule has 0 saturated heterocycles. The van der Waals surface area contributed by atoms with E-state index < -0.39 is 47.1 Å². The van der Waals surface area contributed by atoms with E-state index in [0.717, 1.165) is 18.2 Å². The quantitative estimate of drug-likeness (QED) is 0.254. The van der Waals surface area contributed by atoms with Crippen LogP contribution < -0.4 is 15.8 Å². The lowest BCUT2D eigenvalue weighted by Crippen LogP contribution is -2.52. The van der Waals surface area contributed by atoms with Crippen molar-refractivity contribution < 1.29 is 37.0 Å². The Balaban J connectivity index is 1.58. The molecule has 2 aromatic carbocycles. The van der Waals surface area contributed by atoms with Gasteiger partial charge < -0.3 is 25.9 Å². The van der Waals surface area contributed by atoms with Gasteiger partial charge in [0, 0.05) is 27.1 Å². The summed E-state index contributed by atoms with van der Waals surface area (Å²) in [6, 6.07) is 11.7. The lowest BCUT2D eigenvalue weighted by atomic mass is 9.81. The van der Waals surface area contributed by atoms with E-state index >= 15 is 0 Å². The Kier molecular flexibility index (Phi) is 6.50. The van der Waals surface area contributed by atoms with Crippen molar-refractivity contribution >= 4 is 34.3 Å². The number of carbonyl (C=O) groups is 2. The molecule has 0 radical (unpaired) electrons. The standard InChI is InChI=1S/C27H21ClF4N4O4/c1-25(24(33)38)12-40-22-17(25)10-20(36-21(22)13-2-5-16(29)6-3-13)26(39,27(30,31)32)11-34-23(37)19-9-14-8-15(28)4-7-18(14)35-19/h2-10,35,39H,11-12H2,1H3,(H2,33,38)(H,34,37)/t25-,26?/m0/s1. The Morgan fingerprint density at radius 2 is 1.88 bits per heavy atom. The zero-order valence-corrected chi connectivity index (χ0v) is 21.5. The number of hydrogen-bond donors (Lipinski definition) is 4. The molecule has 13 heteroatoms. The van der Waals surface area contributed by atoms with Gasteiger partial charge in [0.05, 0.1) is 12.2 Å². The first-order valence-corrected chi connectivity index (χ1v) is 12.2. The molecule has 208 valence electrons. The van der Waals surface area contributed by atoms with Crippen LogP contribution in [0.25, 0.3) is 22.2 Å². The molecule has 1 aliphatic rings. The molecule has 2 amide bonds. The number of amides is 2. The number of nitrogens with two attached hydrogens (primary N) is 1. The molecule has 1 aliphatic heterocycles. The number of hydrogen-bond acceptors (Lipinski definition) is 5. The van der Waals surface area contributed by atoms with Crippen LogP contribution in [0.4, 0.5) is 17.6 Å². The Morgan fingerprint density at radius 1 is 1.18 bits per heavy atom. The third-order valence-corrected chi connectivity index (χ3v) is 7.19. The summed E-state index contributed by atoms with van der Waals surface area (Å²) >= 11 is 5.96. The maximum Gasteiger partial charge on any atom is 0.424 e. The molecule has 1 unspecified atom stereocenters. The van der Waals surface area contributed by atoms with Crippen molar-refractivity contribution in [1.29, 1.82) is 0 Å². The molecule has 2 atom stereocenters. The number of aromatic nitrogens is 2. The van der Waals surface area contributed by atoms with Gasteiger partial charge in [-0.1, -0.05) is 11.6 Å². The highest BCUT2D eigenvalue weighted by Gasteiger charge is 2.57. The van der Waals surface area contributed by atoms with Gasteiger partial charge >= 0.3 is 6.18 Å². The topological polar surface area (TPSA) is 130 Å². The number of halogens is 5. The molecule has 0 bridgehead atoms. The summed E-state index contributed by atoms with van der Waals surface area (Å²) in [6.07, 6.45) is -5.34. The zero-order chi connectivity index (χ0) is 29.0. The Bertz CT molecular complexity index is 1660. The minimum Gasteiger partial charge on any atom is -0.489 e. The average molecular weight is 577 g/mol. The molecule has 0 saturated carbocycles. The molecule has 2 aromatic heterocycles. The highest BCUT2D eigenvalue weighted by atomic mass is 35.5. The predicted octanol–water partition coefficient (Wildman–Crippen LogP) is 4.34. The maximum absolute atomic E-state index is 14.5. The van der Waals surface area contributed by atoms with E-state index in [1.165, 1.54) is 25.1 Å². The summed E-state index contributed by atoms with van der Waals surface area (Å²) in [5.74, 6) is -2.44. The summed E-state index contributed by atoms with van der Waals surface area (Å²) in [5.41, 5.74) is -0.192. The van der Waals surface area contributed by atoms with Crippen LogP contribution in [0.5, 0.6) is 5.75 Å². The van der Waals surface area contributed by atoms with Crippen molar-refractivity contribution in [2.45, 2.75) is 24.1 Å². The molecule has 40 heavy (non-hydrogen) atoms. The van der Waals surface area contributed by atoms with Crippen molar-refractivity contribution in [3.05, 3.63) is 82.4 Å². The van der Waals surface area contributed by atoms with Crippen LogP contribution in [0.2, 0.25) is 5.02 Å². The molecule has 3 heterocycles. The number of alkyl halides is 3. The van der Waals surface area contributed by atoms with Gasteiger partial charge in [-0.3, -0.25) is 9.59 Å². The predicted molar refractivity (Wildman–Crippen MR) is 137 cm³/mol. The highest BCUT2D eigenvalue weighted by Crippen LogP contribution is 2.47. The fraction of sp³-hybridized carbons (Fsp3) is 0.222. The second-order valence-electron chi connectivity index (χ2n) is 9.68. The van der Waals surface area contributed by atoms with Gasteiger partial charge in [-0.25, -0.2) is 9.37 Å². The lowest BCUT2D eigenvalue weighted by molar-refractivity contribution is -0.265. The summed E-state index contributed by atoms with van der Waals surface area (Å²) in [6.45, 7) is -0.229. The van der Waals surface area contributed by atoms with Gasteiger partial charge in [-0.15, -0.1) is 0 Å². The summed E-state index contributed by atoms with van der Waals surface area (Å²) < 4.78 is 62.7. The van der Waals surface area contributed by atoms with Crippen LogP contribution in [-0.2, 0) is 15.8 Å². The second kappa shape index (κ2) is 9.49. The number of rotatable bonds is 6. The molecule has 0 aliphatic carbocycles. The number of primary amides is 1. The van der Waals surface area contributed by atoms with Gasteiger partial charge in [0.2, 0.25) is 11.5 Å². The Morgan fingerprint density at radius 3 is 2.52 bits per heavy atom. The first-order valence-electron chi connectivity index (χ1n) is 11.8. The monoisotopic (exact) mass is 576 g/mol. The maximum atomic E-state index is 14.5. The van der Waals surface area contributed by atoms with E-state index in [4.69, 9.17) is 22.1 Å². The van der Waals surface area contributed by atoms with Crippen LogP contribution in [0.3, 0.4) is 0 Å². The van der Waals surface area contributed by atoms with Crippen molar-refractivity contribution in [2.75, 3.05) is 13.2 Å². The van der Waals surface area contributed by atoms with Gasteiger partial charge in [-0.05, 0) is 61.5 Å². The summed E-state index contributed by atoms with van der Waals surface area (Å²) in [7, 11) is 0. The van der Waals surface area contributed by atoms with Gasteiger partial charge in [0.25, 0.3) is 5.91 Å². The molecule has 4 aromatic rings. The Hall–Kier alpha value is -4.16. The fourth-order valence-corrected chi connectivity index (χ4v) is 4.65. The smallest absolute Gasteiger partial charge is 0.424 e. The molecule has 8 nitrogen and oxygen atoms in total. The van der Waals surface area contributed by atoms with Crippen LogP contribution in [0.1, 0.15) is 28.7 Å². The molecule has 5 N–H and O–H groups in total. The number of fused-ring (bicyclic) bond motifs is 2. The molecular weight excluding hydrogens is 556 g/mol. The number of benzene rings is 2. The van der Waals surface area contributed by atoms with E-state index in [-0.39, 0.29) is 34.9 Å². The van der Waals surface area contributed by atoms with Crippen molar-refractivity contribution in [2.24, 2.45) is 5.73 Å². The van der Waals surface area contributed by atoms with E-state index in [1.54, 1.807) is 18.2 Å². The second-order valence-corrected chi connectivity index (χ2v) is 10.1. The van der Waals surface area contributed by atoms with E-state index in [1.807, 2.05) is 0 Å². The normalized spacial score (nSPS) is 18.2. The number of H-pyrrole nitrogens is 1. The minimum atomic E-state index is -5.34. The number of carbonyl (C=O) groups excluding carboxylic acids is 2. The molecule has 0 spiro atoms. The number of pyridine rings is 1. The number of nitrogens with one attached hydrogen (secondary N) is 2. The van der Waals surface area contributed by atoms with E-state index in [2.05, 4.69) is 15.3 Å².